The van der Waals surface area contributed by atoms with Crippen LogP contribution in [0.5, 0.6) is 17.2 Å². The molecule has 0 atom stereocenters. The molecule has 3 nitrogen and oxygen atoms in total. The summed E-state index contributed by atoms with van der Waals surface area (Å²) in [5.74, 6) is -1.06. The summed E-state index contributed by atoms with van der Waals surface area (Å²) in [4.78, 5) is 3.97. The largest absolute Gasteiger partial charge is 0.573 e. The van der Waals surface area contributed by atoms with Crippen molar-refractivity contribution < 1.29 is 35.8 Å². The molecule has 0 aliphatic rings. The van der Waals surface area contributed by atoms with E-state index in [0.717, 1.165) is 30.3 Å². The maximum atomic E-state index is 13.6. The third-order valence-corrected chi connectivity index (χ3v) is 3.53. The number of fused-ring (bicyclic) bond motifs is 1. The molecule has 142 valence electrons. The maximum absolute atomic E-state index is 13.6. The fraction of sp³-hybridized carbons (Fsp3) is 0.167. The summed E-state index contributed by atoms with van der Waals surface area (Å²) in [6.07, 6.45) is -8.14. The molecule has 0 saturated heterocycles. The Kier molecular flexibility index (Phi) is 4.63. The first-order valence-corrected chi connectivity index (χ1v) is 7.53. The van der Waals surface area contributed by atoms with Gasteiger partial charge in [-0.25, -0.2) is 0 Å². The number of aromatic nitrogens is 1. The summed E-state index contributed by atoms with van der Waals surface area (Å²) in [5, 5.41) is -0.128. The standard InChI is InChI=1S/C18H11F6NO2/c1-10-8-13-14(25-9-10)6-7-15(16(13)17(19,20)21)26-11-2-4-12(5-3-11)27-18(22,23)24/h2-9H,1H3. The molecule has 0 N–H and O–H groups in total. The van der Waals surface area contributed by atoms with Gasteiger partial charge in [-0.2, -0.15) is 13.2 Å². The van der Waals surface area contributed by atoms with Gasteiger partial charge in [0.25, 0.3) is 0 Å². The summed E-state index contributed by atoms with van der Waals surface area (Å²) in [7, 11) is 0. The van der Waals surface area contributed by atoms with E-state index in [-0.39, 0.29) is 16.7 Å². The average molecular weight is 387 g/mol. The van der Waals surface area contributed by atoms with Gasteiger partial charge in [0.1, 0.15) is 22.8 Å². The second-order valence-electron chi connectivity index (χ2n) is 5.64. The van der Waals surface area contributed by atoms with Gasteiger partial charge < -0.3 is 9.47 Å². The zero-order chi connectivity index (χ0) is 19.8. The molecule has 3 aromatic rings. The van der Waals surface area contributed by atoms with Crippen molar-refractivity contribution in [2.24, 2.45) is 0 Å². The van der Waals surface area contributed by atoms with Crippen LogP contribution in [0.15, 0.2) is 48.7 Å². The number of nitrogens with zero attached hydrogens (tertiary/aromatic N) is 1. The van der Waals surface area contributed by atoms with E-state index in [9.17, 15) is 26.3 Å². The molecule has 3 rings (SSSR count). The smallest absolute Gasteiger partial charge is 0.457 e. The number of rotatable bonds is 3. The predicted molar refractivity (Wildman–Crippen MR) is 84.7 cm³/mol. The highest BCUT2D eigenvalue weighted by molar-refractivity contribution is 5.85. The fourth-order valence-electron chi connectivity index (χ4n) is 2.50. The molecule has 1 heterocycles. The number of halogens is 6. The Bertz CT molecular complexity index is 964. The molecular formula is C18H11F6NO2. The Morgan fingerprint density at radius 1 is 0.852 bits per heavy atom. The molecule has 27 heavy (non-hydrogen) atoms. The molecular weight excluding hydrogens is 376 g/mol. The highest BCUT2D eigenvalue weighted by atomic mass is 19.4. The maximum Gasteiger partial charge on any atom is 0.573 e. The van der Waals surface area contributed by atoms with Gasteiger partial charge in [0.2, 0.25) is 0 Å². The lowest BCUT2D eigenvalue weighted by molar-refractivity contribution is -0.274. The quantitative estimate of drug-likeness (QED) is 0.498. The van der Waals surface area contributed by atoms with Crippen molar-refractivity contribution in [3.05, 3.63) is 59.8 Å². The molecule has 2 aromatic carbocycles. The third-order valence-electron chi connectivity index (χ3n) is 3.53. The van der Waals surface area contributed by atoms with Crippen LogP contribution in [0.4, 0.5) is 26.3 Å². The predicted octanol–water partition coefficient (Wildman–Crippen LogP) is 6.25. The highest BCUT2D eigenvalue weighted by Gasteiger charge is 2.37. The highest BCUT2D eigenvalue weighted by Crippen LogP contribution is 2.42. The lowest BCUT2D eigenvalue weighted by Crippen LogP contribution is -2.16. The van der Waals surface area contributed by atoms with Gasteiger partial charge in [0, 0.05) is 11.6 Å². The normalized spacial score (nSPS) is 12.3. The van der Waals surface area contributed by atoms with Gasteiger partial charge in [-0.3, -0.25) is 4.98 Å². The van der Waals surface area contributed by atoms with Crippen molar-refractivity contribution in [2.75, 3.05) is 0 Å². The van der Waals surface area contributed by atoms with Crippen molar-refractivity contribution in [1.82, 2.24) is 4.98 Å². The van der Waals surface area contributed by atoms with E-state index in [2.05, 4.69) is 9.72 Å². The molecule has 0 aliphatic heterocycles. The average Bonchev–Trinajstić information content (AvgIpc) is 2.53. The minimum atomic E-state index is -4.87. The van der Waals surface area contributed by atoms with E-state index in [0.29, 0.717) is 5.56 Å². The van der Waals surface area contributed by atoms with Gasteiger partial charge in [-0.1, -0.05) is 0 Å². The van der Waals surface area contributed by atoms with E-state index in [4.69, 9.17) is 4.74 Å². The zero-order valence-corrected chi connectivity index (χ0v) is 13.7. The van der Waals surface area contributed by atoms with Crippen LogP contribution in [0, 0.1) is 6.92 Å². The molecule has 0 fully saturated rings. The van der Waals surface area contributed by atoms with Gasteiger partial charge in [-0.05, 0) is 55.0 Å². The Morgan fingerprint density at radius 2 is 1.48 bits per heavy atom. The topological polar surface area (TPSA) is 31.4 Å². The molecule has 0 bridgehead atoms. The Balaban J connectivity index is 1.99. The van der Waals surface area contributed by atoms with Gasteiger partial charge >= 0.3 is 12.5 Å². The SMILES string of the molecule is Cc1cnc2ccc(Oc3ccc(OC(F)(F)F)cc3)c(C(F)(F)F)c2c1. The Labute approximate surface area is 149 Å². The second-order valence-corrected chi connectivity index (χ2v) is 5.64. The molecule has 0 aliphatic carbocycles. The first kappa shape index (κ1) is 18.8. The lowest BCUT2D eigenvalue weighted by atomic mass is 10.1. The van der Waals surface area contributed by atoms with Gasteiger partial charge in [-0.15, -0.1) is 13.2 Å². The van der Waals surface area contributed by atoms with Gasteiger partial charge in [0.05, 0.1) is 5.52 Å². The van der Waals surface area contributed by atoms with Crippen LogP contribution >= 0.6 is 0 Å². The Morgan fingerprint density at radius 3 is 2.07 bits per heavy atom. The van der Waals surface area contributed by atoms with Crippen molar-refractivity contribution in [1.29, 1.82) is 0 Å². The van der Waals surface area contributed by atoms with Crippen LogP contribution in [0.2, 0.25) is 0 Å². The first-order chi connectivity index (χ1) is 12.5. The number of hydrogen-bond acceptors (Lipinski definition) is 3. The second kappa shape index (κ2) is 6.64. The summed E-state index contributed by atoms with van der Waals surface area (Å²) in [5.41, 5.74) is -0.320. The lowest BCUT2D eigenvalue weighted by Gasteiger charge is -2.16. The van der Waals surface area contributed by atoms with Crippen molar-refractivity contribution in [2.45, 2.75) is 19.5 Å². The van der Waals surface area contributed by atoms with Crippen LogP contribution in [0.1, 0.15) is 11.1 Å². The van der Waals surface area contributed by atoms with Crippen LogP contribution in [-0.2, 0) is 6.18 Å². The minimum Gasteiger partial charge on any atom is -0.457 e. The van der Waals surface area contributed by atoms with Crippen LogP contribution < -0.4 is 9.47 Å². The number of alkyl halides is 6. The minimum absolute atomic E-state index is 0.0741. The number of hydrogen-bond donors (Lipinski definition) is 0. The van der Waals surface area contributed by atoms with Crippen LogP contribution in [-0.4, -0.2) is 11.3 Å². The molecule has 0 spiro atoms. The molecule has 0 radical (unpaired) electrons. The molecule has 0 amide bonds. The summed E-state index contributed by atoms with van der Waals surface area (Å²) >= 11 is 0. The Hall–Kier alpha value is -2.97. The monoisotopic (exact) mass is 387 g/mol. The molecule has 0 unspecified atom stereocenters. The van der Waals surface area contributed by atoms with Crippen molar-refractivity contribution in [3.8, 4) is 17.2 Å². The van der Waals surface area contributed by atoms with E-state index >= 15 is 0 Å². The summed E-state index contributed by atoms with van der Waals surface area (Å²) < 4.78 is 86.3. The third kappa shape index (κ3) is 4.42. The molecule has 1 aromatic heterocycles. The van der Waals surface area contributed by atoms with Crippen molar-refractivity contribution >= 4 is 10.9 Å². The zero-order valence-electron chi connectivity index (χ0n) is 13.7. The van der Waals surface area contributed by atoms with E-state index in [1.54, 1.807) is 6.92 Å². The number of pyridine rings is 1. The van der Waals surface area contributed by atoms with E-state index in [1.165, 1.54) is 18.3 Å². The number of ether oxygens (including phenoxy) is 2. The fourth-order valence-corrected chi connectivity index (χ4v) is 2.50. The van der Waals surface area contributed by atoms with Crippen LogP contribution in [0.25, 0.3) is 10.9 Å². The summed E-state index contributed by atoms with van der Waals surface area (Å²) in [6.45, 7) is 1.61. The van der Waals surface area contributed by atoms with Crippen LogP contribution in [0.3, 0.4) is 0 Å². The first-order valence-electron chi connectivity index (χ1n) is 7.53. The van der Waals surface area contributed by atoms with E-state index < -0.39 is 29.6 Å². The summed E-state index contributed by atoms with van der Waals surface area (Å²) in [6, 6.07) is 7.90. The van der Waals surface area contributed by atoms with Gasteiger partial charge in [0.15, 0.2) is 0 Å². The number of benzene rings is 2. The van der Waals surface area contributed by atoms with E-state index in [1.807, 2.05) is 0 Å². The van der Waals surface area contributed by atoms with Crippen molar-refractivity contribution in [3.63, 3.8) is 0 Å². The number of aryl methyl sites for hydroxylation is 1. The molecule has 9 heteroatoms. The molecule has 0 saturated carbocycles.